The quantitative estimate of drug-likeness (QED) is 0.684. The molecule has 0 atom stereocenters. The van der Waals surface area contributed by atoms with Gasteiger partial charge < -0.3 is 14.7 Å². The Labute approximate surface area is 100 Å². The van der Waals surface area contributed by atoms with Crippen LogP contribution in [0.15, 0.2) is 12.7 Å². The Morgan fingerprint density at radius 1 is 1.59 bits per heavy atom. The van der Waals surface area contributed by atoms with Crippen LogP contribution in [0.4, 0.5) is 4.79 Å². The van der Waals surface area contributed by atoms with Gasteiger partial charge in [-0.05, 0) is 13.8 Å². The van der Waals surface area contributed by atoms with E-state index >= 15 is 0 Å². The van der Waals surface area contributed by atoms with E-state index in [9.17, 15) is 9.59 Å². The van der Waals surface area contributed by atoms with E-state index in [1.165, 1.54) is 11.0 Å². The van der Waals surface area contributed by atoms with Crippen LogP contribution in [-0.4, -0.2) is 53.3 Å². The number of hydrogen-bond acceptors (Lipinski definition) is 4. The number of carbonyl (C=O) groups excluding carboxylic acids is 1. The van der Waals surface area contributed by atoms with Gasteiger partial charge in [0.1, 0.15) is 6.61 Å². The minimum Gasteiger partial charge on any atom is -0.480 e. The summed E-state index contributed by atoms with van der Waals surface area (Å²) in [6.45, 7) is 7.53. The molecule has 1 aliphatic heterocycles. The second-order valence-electron chi connectivity index (χ2n) is 4.41. The molecule has 6 heteroatoms. The number of aliphatic carboxylic acids is 1. The first kappa shape index (κ1) is 13.5. The third kappa shape index (κ3) is 2.97. The largest absolute Gasteiger partial charge is 0.480 e. The van der Waals surface area contributed by atoms with Gasteiger partial charge in [-0.2, -0.15) is 0 Å². The number of amides is 1. The van der Waals surface area contributed by atoms with Crippen LogP contribution in [0.25, 0.3) is 0 Å². The van der Waals surface area contributed by atoms with Crippen LogP contribution in [-0.2, 0) is 9.53 Å². The minimum atomic E-state index is -1.04. The molecule has 1 amide bonds. The number of ether oxygens (including phenoxy) is 1. The summed E-state index contributed by atoms with van der Waals surface area (Å²) in [5, 5.41) is 12.1. The maximum Gasteiger partial charge on any atom is 0.410 e. The first-order chi connectivity index (χ1) is 7.91. The molecule has 17 heavy (non-hydrogen) atoms. The summed E-state index contributed by atoms with van der Waals surface area (Å²) in [7, 11) is 0. The summed E-state index contributed by atoms with van der Waals surface area (Å²) < 4.78 is 4.82. The highest BCUT2D eigenvalue weighted by Gasteiger charge is 2.52. The highest BCUT2D eigenvalue weighted by atomic mass is 16.6. The lowest BCUT2D eigenvalue weighted by Gasteiger charge is -2.47. The van der Waals surface area contributed by atoms with Crippen LogP contribution in [0, 0.1) is 0 Å². The Kier molecular flexibility index (Phi) is 4.11. The van der Waals surface area contributed by atoms with Crippen molar-refractivity contribution in [2.75, 3.05) is 19.7 Å². The molecule has 0 aliphatic carbocycles. The SMILES string of the molecule is C=CCOC(=O)N1CC(NC(C)C)(C(=O)O)C1. The molecular formula is C11H18N2O4. The fourth-order valence-electron chi connectivity index (χ4n) is 1.80. The van der Waals surface area contributed by atoms with Crippen LogP contribution >= 0.6 is 0 Å². The van der Waals surface area contributed by atoms with E-state index in [2.05, 4.69) is 11.9 Å². The van der Waals surface area contributed by atoms with Gasteiger partial charge in [-0.1, -0.05) is 12.7 Å². The third-order valence-electron chi connectivity index (χ3n) is 2.48. The predicted octanol–water partition coefficient (Wildman–Crippen LogP) is 0.446. The van der Waals surface area contributed by atoms with E-state index in [1.54, 1.807) is 0 Å². The Hall–Kier alpha value is -1.56. The topological polar surface area (TPSA) is 78.9 Å². The van der Waals surface area contributed by atoms with E-state index in [1.807, 2.05) is 13.8 Å². The number of likely N-dealkylation sites (tertiary alicyclic amines) is 1. The summed E-state index contributed by atoms with van der Waals surface area (Å²) in [5.74, 6) is -0.945. The van der Waals surface area contributed by atoms with E-state index in [4.69, 9.17) is 9.84 Å². The molecule has 1 rings (SSSR count). The molecule has 6 nitrogen and oxygen atoms in total. The molecule has 96 valence electrons. The van der Waals surface area contributed by atoms with E-state index in [-0.39, 0.29) is 25.7 Å². The van der Waals surface area contributed by atoms with Crippen LogP contribution in [0.2, 0.25) is 0 Å². The molecule has 0 aromatic heterocycles. The molecule has 0 radical (unpaired) electrons. The lowest BCUT2D eigenvalue weighted by atomic mass is 9.89. The summed E-state index contributed by atoms with van der Waals surface area (Å²) >= 11 is 0. The first-order valence-electron chi connectivity index (χ1n) is 5.45. The van der Waals surface area contributed by atoms with Gasteiger partial charge in [0.15, 0.2) is 5.54 Å². The van der Waals surface area contributed by atoms with Crippen molar-refractivity contribution in [3.8, 4) is 0 Å². The van der Waals surface area contributed by atoms with Crippen molar-refractivity contribution < 1.29 is 19.4 Å². The van der Waals surface area contributed by atoms with Crippen molar-refractivity contribution in [2.45, 2.75) is 25.4 Å². The number of carboxylic acids is 1. The van der Waals surface area contributed by atoms with Crippen LogP contribution in [0.3, 0.4) is 0 Å². The fraction of sp³-hybridized carbons (Fsp3) is 0.636. The molecule has 0 saturated carbocycles. The minimum absolute atomic E-state index is 0.0393. The molecule has 0 aromatic rings. The monoisotopic (exact) mass is 242 g/mol. The van der Waals surface area contributed by atoms with Gasteiger partial charge in [-0.3, -0.25) is 10.1 Å². The van der Waals surface area contributed by atoms with Crippen molar-refractivity contribution in [2.24, 2.45) is 0 Å². The second kappa shape index (κ2) is 5.18. The molecular weight excluding hydrogens is 224 g/mol. The average Bonchev–Trinajstić information content (AvgIpc) is 2.18. The maximum absolute atomic E-state index is 11.4. The van der Waals surface area contributed by atoms with Crippen molar-refractivity contribution in [3.05, 3.63) is 12.7 Å². The van der Waals surface area contributed by atoms with Gasteiger partial charge in [-0.15, -0.1) is 0 Å². The first-order valence-corrected chi connectivity index (χ1v) is 5.45. The van der Waals surface area contributed by atoms with Gasteiger partial charge in [-0.25, -0.2) is 4.79 Å². The molecule has 1 heterocycles. The fourth-order valence-corrected chi connectivity index (χ4v) is 1.80. The van der Waals surface area contributed by atoms with Crippen molar-refractivity contribution in [3.63, 3.8) is 0 Å². The molecule has 0 spiro atoms. The lowest BCUT2D eigenvalue weighted by Crippen LogP contribution is -2.75. The van der Waals surface area contributed by atoms with Crippen molar-refractivity contribution >= 4 is 12.1 Å². The highest BCUT2D eigenvalue weighted by molar-refractivity contribution is 5.84. The number of carboxylic acid groups (broad SMARTS) is 1. The van der Waals surface area contributed by atoms with Gasteiger partial charge in [0.05, 0.1) is 13.1 Å². The zero-order valence-electron chi connectivity index (χ0n) is 10.1. The Bertz CT molecular complexity index is 321. The zero-order chi connectivity index (χ0) is 13.1. The lowest BCUT2D eigenvalue weighted by molar-refractivity contribution is -0.152. The normalized spacial score (nSPS) is 17.5. The van der Waals surface area contributed by atoms with E-state index in [0.29, 0.717) is 0 Å². The smallest absolute Gasteiger partial charge is 0.410 e. The van der Waals surface area contributed by atoms with Crippen LogP contribution in [0.1, 0.15) is 13.8 Å². The Balaban J connectivity index is 2.52. The molecule has 1 saturated heterocycles. The second-order valence-corrected chi connectivity index (χ2v) is 4.41. The molecule has 0 unspecified atom stereocenters. The summed E-state index contributed by atoms with van der Waals surface area (Å²) in [6, 6.07) is 0.0393. The standard InChI is InChI=1S/C11H18N2O4/c1-4-5-17-10(16)13-6-11(7-13,9(14)15)12-8(2)3/h4,8,12H,1,5-7H2,2-3H3,(H,14,15). The van der Waals surface area contributed by atoms with Crippen LogP contribution in [0.5, 0.6) is 0 Å². The van der Waals surface area contributed by atoms with Gasteiger partial charge >= 0.3 is 12.1 Å². The number of rotatable bonds is 5. The molecule has 2 N–H and O–H groups in total. The maximum atomic E-state index is 11.4. The Morgan fingerprint density at radius 2 is 2.18 bits per heavy atom. The van der Waals surface area contributed by atoms with E-state index < -0.39 is 17.6 Å². The summed E-state index contributed by atoms with van der Waals surface area (Å²) in [6.07, 6.45) is 0.960. The molecule has 0 bridgehead atoms. The van der Waals surface area contributed by atoms with E-state index in [0.717, 1.165) is 0 Å². The van der Waals surface area contributed by atoms with Gasteiger partial charge in [0, 0.05) is 6.04 Å². The Morgan fingerprint density at radius 3 is 2.59 bits per heavy atom. The van der Waals surface area contributed by atoms with Crippen molar-refractivity contribution in [1.29, 1.82) is 0 Å². The number of nitrogens with one attached hydrogen (secondary N) is 1. The number of hydrogen-bond donors (Lipinski definition) is 2. The third-order valence-corrected chi connectivity index (χ3v) is 2.48. The molecule has 1 aliphatic rings. The van der Waals surface area contributed by atoms with Gasteiger partial charge in [0.2, 0.25) is 0 Å². The summed E-state index contributed by atoms with van der Waals surface area (Å²) in [4.78, 5) is 23.9. The van der Waals surface area contributed by atoms with Crippen LogP contribution < -0.4 is 5.32 Å². The van der Waals surface area contributed by atoms with Crippen molar-refractivity contribution in [1.82, 2.24) is 10.2 Å². The highest BCUT2D eigenvalue weighted by Crippen LogP contribution is 2.23. The predicted molar refractivity (Wildman–Crippen MR) is 61.8 cm³/mol. The zero-order valence-corrected chi connectivity index (χ0v) is 10.1. The molecule has 1 fully saturated rings. The van der Waals surface area contributed by atoms with Gasteiger partial charge in [0.25, 0.3) is 0 Å². The average molecular weight is 242 g/mol. The number of nitrogens with zero attached hydrogens (tertiary/aromatic N) is 1. The number of carbonyl (C=O) groups is 2. The molecule has 0 aromatic carbocycles. The summed E-state index contributed by atoms with van der Waals surface area (Å²) in [5.41, 5.74) is -1.04.